The number of esters is 1. The van der Waals surface area contributed by atoms with Gasteiger partial charge in [-0.3, -0.25) is 4.79 Å². The summed E-state index contributed by atoms with van der Waals surface area (Å²) >= 11 is 0. The molecule has 0 aromatic carbocycles. The van der Waals surface area contributed by atoms with Crippen LogP contribution in [0.3, 0.4) is 0 Å². The minimum absolute atomic E-state index is 0.0463. The molecule has 1 aliphatic carbocycles. The van der Waals surface area contributed by atoms with Crippen molar-refractivity contribution < 1.29 is 9.53 Å². The number of nitrogens with one attached hydrogen (secondary N) is 2. The van der Waals surface area contributed by atoms with Crippen LogP contribution in [0.25, 0.3) is 0 Å². The Bertz CT molecular complexity index is 378. The van der Waals surface area contributed by atoms with Gasteiger partial charge in [0.1, 0.15) is 5.82 Å². The highest BCUT2D eigenvalue weighted by atomic mass is 16.5. The third kappa shape index (κ3) is 3.10. The van der Waals surface area contributed by atoms with Crippen molar-refractivity contribution in [3.63, 3.8) is 0 Å². The van der Waals surface area contributed by atoms with Crippen LogP contribution in [0, 0.1) is 5.92 Å². The average molecular weight is 251 g/mol. The first-order chi connectivity index (χ1) is 8.70. The van der Waals surface area contributed by atoms with Crippen LogP contribution in [0.2, 0.25) is 0 Å². The van der Waals surface area contributed by atoms with Gasteiger partial charge in [0.25, 0.3) is 0 Å². The second kappa shape index (κ2) is 6.00. The van der Waals surface area contributed by atoms with E-state index < -0.39 is 0 Å². The van der Waals surface area contributed by atoms with Crippen LogP contribution in [0.15, 0.2) is 12.4 Å². The van der Waals surface area contributed by atoms with Gasteiger partial charge in [0.15, 0.2) is 0 Å². The van der Waals surface area contributed by atoms with Gasteiger partial charge in [-0.05, 0) is 26.2 Å². The Morgan fingerprint density at radius 1 is 1.61 bits per heavy atom. The fourth-order valence-corrected chi connectivity index (χ4v) is 2.67. The summed E-state index contributed by atoms with van der Waals surface area (Å²) in [6.45, 7) is 2.08. The zero-order chi connectivity index (χ0) is 13.0. The number of hydrogen-bond donors (Lipinski definition) is 2. The van der Waals surface area contributed by atoms with E-state index in [1.54, 1.807) is 6.20 Å². The van der Waals surface area contributed by atoms with Crippen LogP contribution in [-0.2, 0) is 9.53 Å². The molecule has 1 saturated carbocycles. The number of imidazole rings is 1. The van der Waals surface area contributed by atoms with Crippen LogP contribution < -0.4 is 5.32 Å². The monoisotopic (exact) mass is 251 g/mol. The lowest BCUT2D eigenvalue weighted by Gasteiger charge is -2.30. The molecule has 1 heterocycles. The molecule has 1 aromatic heterocycles. The van der Waals surface area contributed by atoms with E-state index in [2.05, 4.69) is 22.2 Å². The summed E-state index contributed by atoms with van der Waals surface area (Å²) in [6, 6.07) is 0.546. The van der Waals surface area contributed by atoms with Crippen molar-refractivity contribution in [1.82, 2.24) is 15.3 Å². The molecule has 100 valence electrons. The lowest BCUT2D eigenvalue weighted by atomic mass is 9.85. The van der Waals surface area contributed by atoms with Crippen molar-refractivity contribution in [2.45, 2.75) is 44.7 Å². The highest BCUT2D eigenvalue weighted by Crippen LogP contribution is 2.26. The highest BCUT2D eigenvalue weighted by Gasteiger charge is 2.28. The Balaban J connectivity index is 1.88. The van der Waals surface area contributed by atoms with Crippen molar-refractivity contribution in [3.05, 3.63) is 18.2 Å². The summed E-state index contributed by atoms with van der Waals surface area (Å²) < 4.78 is 4.83. The van der Waals surface area contributed by atoms with Gasteiger partial charge in [-0.25, -0.2) is 4.98 Å². The van der Waals surface area contributed by atoms with Crippen LogP contribution in [0.4, 0.5) is 0 Å². The summed E-state index contributed by atoms with van der Waals surface area (Å²) in [5.41, 5.74) is 0. The number of carbonyl (C=O) groups is 1. The van der Waals surface area contributed by atoms with Gasteiger partial charge in [-0.1, -0.05) is 6.42 Å². The number of H-pyrrole nitrogens is 1. The van der Waals surface area contributed by atoms with E-state index in [1.165, 1.54) is 7.11 Å². The number of carbonyl (C=O) groups excluding carboxylic acids is 1. The third-order valence-electron chi connectivity index (χ3n) is 3.62. The van der Waals surface area contributed by atoms with Crippen molar-refractivity contribution >= 4 is 5.97 Å². The molecule has 0 radical (unpaired) electrons. The molecule has 1 fully saturated rings. The summed E-state index contributed by atoms with van der Waals surface area (Å²) in [5, 5.41) is 3.53. The third-order valence-corrected chi connectivity index (χ3v) is 3.62. The minimum atomic E-state index is -0.0767. The molecule has 0 bridgehead atoms. The second-order valence-electron chi connectivity index (χ2n) is 4.95. The standard InChI is InChI=1S/C13H21N3O2/c1-9(12-14-6-7-15-12)16-11-5-3-4-10(8-11)13(17)18-2/h6-7,9-11,16H,3-5,8H2,1-2H3,(H,14,15). The van der Waals surface area contributed by atoms with E-state index in [1.807, 2.05) is 6.20 Å². The van der Waals surface area contributed by atoms with E-state index >= 15 is 0 Å². The van der Waals surface area contributed by atoms with Gasteiger partial charge in [-0.15, -0.1) is 0 Å². The predicted octanol–water partition coefficient (Wildman–Crippen LogP) is 1.79. The summed E-state index contributed by atoms with van der Waals surface area (Å²) in [4.78, 5) is 18.9. The lowest BCUT2D eigenvalue weighted by molar-refractivity contribution is -0.146. The van der Waals surface area contributed by atoms with Gasteiger partial charge in [0.05, 0.1) is 19.1 Å². The maximum atomic E-state index is 11.6. The molecule has 5 nitrogen and oxygen atoms in total. The fourth-order valence-electron chi connectivity index (χ4n) is 2.67. The summed E-state index contributed by atoms with van der Waals surface area (Å²) in [7, 11) is 1.46. The molecule has 18 heavy (non-hydrogen) atoms. The number of ether oxygens (including phenoxy) is 1. The number of nitrogens with zero attached hydrogens (tertiary/aromatic N) is 1. The molecule has 5 heteroatoms. The lowest BCUT2D eigenvalue weighted by Crippen LogP contribution is -2.38. The van der Waals surface area contributed by atoms with Crippen molar-refractivity contribution in [2.24, 2.45) is 5.92 Å². The van der Waals surface area contributed by atoms with Crippen LogP contribution in [-0.4, -0.2) is 29.1 Å². The Morgan fingerprint density at radius 2 is 2.44 bits per heavy atom. The Morgan fingerprint density at radius 3 is 3.11 bits per heavy atom. The summed E-state index contributed by atoms with van der Waals surface area (Å²) in [6.07, 6.45) is 7.57. The number of rotatable bonds is 4. The highest BCUT2D eigenvalue weighted by molar-refractivity contribution is 5.72. The molecule has 1 aromatic rings. The number of methoxy groups -OCH3 is 1. The van der Waals surface area contributed by atoms with E-state index in [-0.39, 0.29) is 17.9 Å². The molecule has 2 rings (SSSR count). The average Bonchev–Trinajstić information content (AvgIpc) is 2.92. The molecule has 0 aliphatic heterocycles. The smallest absolute Gasteiger partial charge is 0.308 e. The van der Waals surface area contributed by atoms with E-state index in [0.29, 0.717) is 6.04 Å². The van der Waals surface area contributed by atoms with Crippen molar-refractivity contribution in [2.75, 3.05) is 7.11 Å². The number of aromatic nitrogens is 2. The van der Waals surface area contributed by atoms with Crippen LogP contribution in [0.5, 0.6) is 0 Å². The van der Waals surface area contributed by atoms with Crippen molar-refractivity contribution in [1.29, 1.82) is 0 Å². The summed E-state index contributed by atoms with van der Waals surface area (Å²) in [5.74, 6) is 0.910. The minimum Gasteiger partial charge on any atom is -0.469 e. The number of hydrogen-bond acceptors (Lipinski definition) is 4. The van der Waals surface area contributed by atoms with Gasteiger partial charge in [0.2, 0.25) is 0 Å². The quantitative estimate of drug-likeness (QED) is 0.801. The zero-order valence-electron chi connectivity index (χ0n) is 11.0. The molecular weight excluding hydrogens is 230 g/mol. The van der Waals surface area contributed by atoms with E-state index in [0.717, 1.165) is 31.5 Å². The number of aromatic amines is 1. The largest absolute Gasteiger partial charge is 0.469 e. The van der Waals surface area contributed by atoms with Gasteiger partial charge < -0.3 is 15.0 Å². The van der Waals surface area contributed by atoms with Gasteiger partial charge in [0, 0.05) is 18.4 Å². The molecule has 0 spiro atoms. The predicted molar refractivity (Wildman–Crippen MR) is 67.9 cm³/mol. The van der Waals surface area contributed by atoms with Crippen LogP contribution >= 0.6 is 0 Å². The molecule has 3 unspecified atom stereocenters. The second-order valence-corrected chi connectivity index (χ2v) is 4.95. The first-order valence-corrected chi connectivity index (χ1v) is 6.54. The van der Waals surface area contributed by atoms with E-state index in [4.69, 9.17) is 4.74 Å². The Labute approximate surface area is 107 Å². The zero-order valence-corrected chi connectivity index (χ0v) is 11.0. The fraction of sp³-hybridized carbons (Fsp3) is 0.692. The molecule has 0 amide bonds. The molecule has 3 atom stereocenters. The van der Waals surface area contributed by atoms with Gasteiger partial charge in [-0.2, -0.15) is 0 Å². The first kappa shape index (κ1) is 13.1. The Hall–Kier alpha value is -1.36. The molecule has 2 N–H and O–H groups in total. The Kier molecular flexibility index (Phi) is 4.36. The van der Waals surface area contributed by atoms with E-state index in [9.17, 15) is 4.79 Å². The topological polar surface area (TPSA) is 67.0 Å². The molecule has 1 aliphatic rings. The van der Waals surface area contributed by atoms with Crippen molar-refractivity contribution in [3.8, 4) is 0 Å². The molecular formula is C13H21N3O2. The SMILES string of the molecule is COC(=O)C1CCCC(NC(C)c2ncc[nH]2)C1. The van der Waals surface area contributed by atoms with Crippen LogP contribution in [0.1, 0.15) is 44.5 Å². The molecule has 0 saturated heterocycles. The normalized spacial score (nSPS) is 25.7. The maximum absolute atomic E-state index is 11.6. The van der Waals surface area contributed by atoms with Gasteiger partial charge >= 0.3 is 5.97 Å². The maximum Gasteiger partial charge on any atom is 0.308 e. The first-order valence-electron chi connectivity index (χ1n) is 6.54.